The minimum Gasteiger partial charge on any atom is -0.465 e. The molecule has 0 bridgehead atoms. The highest BCUT2D eigenvalue weighted by Gasteiger charge is 2.44. The fraction of sp³-hybridized carbons (Fsp3) is 0.316. The average molecular weight is 446 g/mol. The number of nitrogens with zero attached hydrogens (tertiary/aromatic N) is 5. The molecule has 1 fully saturated rings. The minimum atomic E-state index is -0.907. The summed E-state index contributed by atoms with van der Waals surface area (Å²) in [5, 5.41) is 9.82. The molecule has 1 amide bonds. The first kappa shape index (κ1) is 18.9. The quantitative estimate of drug-likeness (QED) is 0.423. The molecule has 0 aromatic heterocycles. The lowest BCUT2D eigenvalue weighted by atomic mass is 10.0. The molecule has 28 heavy (non-hydrogen) atoms. The molecule has 146 valence electrons. The Morgan fingerprint density at radius 1 is 1.39 bits per heavy atom. The van der Waals surface area contributed by atoms with E-state index in [1.165, 1.54) is 4.90 Å². The molecular weight excluding hydrogens is 424 g/mol. The molecule has 1 aromatic rings. The Balaban J connectivity index is 1.57. The third-order valence-corrected chi connectivity index (χ3v) is 6.06. The molecule has 0 radical (unpaired) electrons. The molecule has 3 N–H and O–H groups in total. The van der Waals surface area contributed by atoms with Crippen molar-refractivity contribution in [3.05, 3.63) is 59.8 Å². The SMILES string of the molecule is N[N+]12C=CN=CC1=C(N1CCCC(N(Cc3ccccc3)C(=O)O)C1)N=C2Br. The van der Waals surface area contributed by atoms with Crippen LogP contribution in [0.15, 0.2) is 64.2 Å². The summed E-state index contributed by atoms with van der Waals surface area (Å²) in [4.78, 5) is 24.4. The first-order valence-electron chi connectivity index (χ1n) is 9.15. The van der Waals surface area contributed by atoms with Crippen LogP contribution in [0.5, 0.6) is 0 Å². The number of amides is 1. The van der Waals surface area contributed by atoms with Crippen LogP contribution >= 0.6 is 15.9 Å². The van der Waals surface area contributed by atoms with E-state index in [4.69, 9.17) is 5.84 Å². The van der Waals surface area contributed by atoms with E-state index in [0.29, 0.717) is 17.8 Å². The number of piperidine rings is 1. The van der Waals surface area contributed by atoms with E-state index in [9.17, 15) is 9.90 Å². The first-order chi connectivity index (χ1) is 13.5. The van der Waals surface area contributed by atoms with Crippen LogP contribution in [0.25, 0.3) is 0 Å². The highest BCUT2D eigenvalue weighted by molar-refractivity contribution is 9.18. The number of carbonyl (C=O) groups is 1. The normalized spacial score (nSPS) is 26.3. The second-order valence-corrected chi connectivity index (χ2v) is 7.79. The van der Waals surface area contributed by atoms with Crippen molar-refractivity contribution < 1.29 is 14.5 Å². The second kappa shape index (κ2) is 7.50. The minimum absolute atomic E-state index is 0.0489. The van der Waals surface area contributed by atoms with E-state index < -0.39 is 6.09 Å². The summed E-state index contributed by atoms with van der Waals surface area (Å²) in [5.74, 6) is 7.19. The van der Waals surface area contributed by atoms with Gasteiger partial charge in [-0.3, -0.25) is 9.89 Å². The summed E-state index contributed by atoms with van der Waals surface area (Å²) in [5.41, 5.74) is 1.76. The zero-order chi connectivity index (χ0) is 19.7. The monoisotopic (exact) mass is 445 g/mol. The Hall–Kier alpha value is -2.49. The van der Waals surface area contributed by atoms with Crippen molar-refractivity contribution >= 4 is 33.0 Å². The number of allylic oxidation sites excluding steroid dienone is 1. The lowest BCUT2D eigenvalue weighted by molar-refractivity contribution is -0.746. The maximum Gasteiger partial charge on any atom is 0.407 e. The number of rotatable bonds is 4. The Labute approximate surface area is 171 Å². The van der Waals surface area contributed by atoms with Gasteiger partial charge in [-0.1, -0.05) is 30.3 Å². The van der Waals surface area contributed by atoms with E-state index in [-0.39, 0.29) is 10.6 Å². The lowest BCUT2D eigenvalue weighted by Crippen LogP contribution is -2.51. The Kier molecular flexibility index (Phi) is 5.05. The number of likely N-dealkylation sites (tertiary alicyclic amines) is 1. The summed E-state index contributed by atoms with van der Waals surface area (Å²) >= 11 is 3.47. The maximum absolute atomic E-state index is 12.0. The van der Waals surface area contributed by atoms with Gasteiger partial charge in [0.05, 0.1) is 18.5 Å². The number of quaternary nitrogens is 1. The van der Waals surface area contributed by atoms with Crippen molar-refractivity contribution in [2.45, 2.75) is 25.4 Å². The molecule has 3 aliphatic heterocycles. The number of benzene rings is 1. The third-order valence-electron chi connectivity index (χ3n) is 5.29. The maximum atomic E-state index is 12.0. The fourth-order valence-corrected chi connectivity index (χ4v) is 4.29. The van der Waals surface area contributed by atoms with Crippen molar-refractivity contribution in [3.63, 3.8) is 0 Å². The number of amidine groups is 1. The fourth-order valence-electron chi connectivity index (χ4n) is 3.81. The van der Waals surface area contributed by atoms with Crippen LogP contribution in [0.4, 0.5) is 4.79 Å². The van der Waals surface area contributed by atoms with Gasteiger partial charge < -0.3 is 10.0 Å². The van der Waals surface area contributed by atoms with Gasteiger partial charge in [0.2, 0.25) is 11.5 Å². The van der Waals surface area contributed by atoms with Gasteiger partial charge in [-0.05, 0) is 18.4 Å². The summed E-state index contributed by atoms with van der Waals surface area (Å²) < 4.78 is 0.536. The zero-order valence-corrected chi connectivity index (χ0v) is 16.9. The lowest BCUT2D eigenvalue weighted by Gasteiger charge is -2.38. The van der Waals surface area contributed by atoms with Gasteiger partial charge in [-0.15, -0.1) is 4.59 Å². The van der Waals surface area contributed by atoms with Crippen molar-refractivity contribution in [2.24, 2.45) is 15.8 Å². The molecule has 2 atom stereocenters. The van der Waals surface area contributed by atoms with Gasteiger partial charge in [0.1, 0.15) is 6.20 Å². The second-order valence-electron chi connectivity index (χ2n) is 7.08. The van der Waals surface area contributed by atoms with Crippen molar-refractivity contribution in [1.29, 1.82) is 0 Å². The number of halogens is 1. The van der Waals surface area contributed by atoms with Crippen molar-refractivity contribution in [2.75, 3.05) is 13.1 Å². The van der Waals surface area contributed by atoms with E-state index in [0.717, 1.165) is 36.5 Å². The Morgan fingerprint density at radius 2 is 2.18 bits per heavy atom. The number of carboxylic acid groups (broad SMARTS) is 1. The first-order valence-corrected chi connectivity index (χ1v) is 9.94. The predicted molar refractivity (Wildman–Crippen MR) is 110 cm³/mol. The molecule has 8 nitrogen and oxygen atoms in total. The molecule has 4 rings (SSSR count). The van der Waals surface area contributed by atoms with Gasteiger partial charge in [0, 0.05) is 35.6 Å². The van der Waals surface area contributed by atoms with Crippen LogP contribution in [0.1, 0.15) is 18.4 Å². The van der Waals surface area contributed by atoms with E-state index in [2.05, 4.69) is 30.8 Å². The summed E-state index contributed by atoms with van der Waals surface area (Å²) in [6, 6.07) is 9.56. The molecule has 1 aromatic carbocycles. The number of fused-ring (bicyclic) bond motifs is 1. The van der Waals surface area contributed by atoms with E-state index in [1.54, 1.807) is 18.6 Å². The van der Waals surface area contributed by atoms with Crippen molar-refractivity contribution in [3.8, 4) is 0 Å². The third kappa shape index (κ3) is 3.36. The molecule has 3 aliphatic rings. The van der Waals surface area contributed by atoms with Crippen molar-refractivity contribution in [1.82, 2.24) is 9.80 Å². The van der Waals surface area contributed by atoms with Crippen LogP contribution in [0.3, 0.4) is 0 Å². The van der Waals surface area contributed by atoms with Crippen LogP contribution < -0.4 is 5.84 Å². The van der Waals surface area contributed by atoms with Crippen LogP contribution in [0.2, 0.25) is 0 Å². The molecule has 3 heterocycles. The van der Waals surface area contributed by atoms with Gasteiger partial charge in [-0.25, -0.2) is 4.79 Å². The van der Waals surface area contributed by atoms with Crippen LogP contribution in [-0.2, 0) is 6.54 Å². The van der Waals surface area contributed by atoms with E-state index in [1.807, 2.05) is 30.3 Å². The number of hydrogen-bond acceptors (Lipinski definition) is 5. The number of nitrogens with two attached hydrogens (primary N) is 1. The largest absolute Gasteiger partial charge is 0.465 e. The molecule has 1 saturated heterocycles. The Bertz CT molecular complexity index is 897. The Morgan fingerprint density at radius 3 is 2.93 bits per heavy atom. The topological polar surface area (TPSA) is 94.5 Å². The molecular formula is C19H22BrN6O2+. The standard InChI is InChI=1S/C19H21BrN6O2/c20-18-23-17(16-11-22-8-10-26(16,18)21)24-9-4-7-15(13-24)25(19(27)28)12-14-5-2-1-3-6-14/h1-3,5-6,8,10-11,15H,4,7,9,12-13,21H2/p+1. The van der Waals surface area contributed by atoms with Gasteiger partial charge >= 0.3 is 10.8 Å². The predicted octanol–water partition coefficient (Wildman–Crippen LogP) is 2.81. The molecule has 0 saturated carbocycles. The van der Waals surface area contributed by atoms with Crippen LogP contribution in [0, 0.1) is 0 Å². The highest BCUT2D eigenvalue weighted by Crippen LogP contribution is 2.33. The number of aliphatic imine (C=N–C) groups is 2. The highest BCUT2D eigenvalue weighted by atomic mass is 79.9. The molecule has 2 unspecified atom stereocenters. The summed E-state index contributed by atoms with van der Waals surface area (Å²) in [7, 11) is 0. The van der Waals surface area contributed by atoms with E-state index >= 15 is 0 Å². The van der Waals surface area contributed by atoms with Gasteiger partial charge in [-0.2, -0.15) is 10.8 Å². The average Bonchev–Trinajstić information content (AvgIpc) is 2.98. The summed E-state index contributed by atoms with van der Waals surface area (Å²) in [6.45, 7) is 1.74. The molecule has 0 aliphatic carbocycles. The van der Waals surface area contributed by atoms with Gasteiger partial charge in [0.25, 0.3) is 0 Å². The smallest absolute Gasteiger partial charge is 0.407 e. The summed E-state index contributed by atoms with van der Waals surface area (Å²) in [6.07, 6.45) is 5.92. The van der Waals surface area contributed by atoms with Crippen LogP contribution in [-0.4, -0.2) is 55.7 Å². The van der Waals surface area contributed by atoms with Gasteiger partial charge in [0.15, 0.2) is 0 Å². The zero-order valence-electron chi connectivity index (χ0n) is 15.3. The number of hydrogen-bond donors (Lipinski definition) is 2. The molecule has 0 spiro atoms. The molecule has 9 heteroatoms.